The van der Waals surface area contributed by atoms with E-state index in [9.17, 15) is 18.3 Å². The van der Waals surface area contributed by atoms with Gasteiger partial charge in [-0.05, 0) is 46.6 Å². The lowest BCUT2D eigenvalue weighted by Crippen LogP contribution is -2.29. The molecule has 126 valence electrons. The fourth-order valence-electron chi connectivity index (χ4n) is 2.23. The minimum atomic E-state index is -4.38. The highest BCUT2D eigenvalue weighted by Gasteiger charge is 2.30. The lowest BCUT2D eigenvalue weighted by atomic mass is 10.1. The number of hydrogen-bond acceptors (Lipinski definition) is 5. The number of aliphatic hydroxyl groups is 1. The van der Waals surface area contributed by atoms with Crippen molar-refractivity contribution in [2.45, 2.75) is 19.3 Å². The highest BCUT2D eigenvalue weighted by Crippen LogP contribution is 2.31. The van der Waals surface area contributed by atoms with Gasteiger partial charge < -0.3 is 10.4 Å². The first-order valence-electron chi connectivity index (χ1n) is 6.79. The number of aliphatic imine (C=N–C) groups is 1. The van der Waals surface area contributed by atoms with Crippen LogP contribution in [0.25, 0.3) is 5.70 Å². The van der Waals surface area contributed by atoms with E-state index in [1.807, 2.05) is 6.92 Å². The van der Waals surface area contributed by atoms with Gasteiger partial charge in [-0.3, -0.25) is 0 Å². The zero-order chi connectivity index (χ0) is 17.5. The zero-order valence-electron chi connectivity index (χ0n) is 12.2. The molecule has 2 heterocycles. The van der Waals surface area contributed by atoms with Crippen LogP contribution < -0.4 is 5.32 Å². The Morgan fingerprint density at radius 1 is 1.25 bits per heavy atom. The molecule has 2 N–H and O–H groups in total. The Morgan fingerprint density at radius 2 is 1.92 bits per heavy atom. The standard InChI is InChI=1S/C15H11BrF3N3OS/c1-7-12(24-14(16)20-7)13-21-10(6-11(23)22-13)8-2-4-9(5-3-8)15(17,18)19/h2-6,11,23H,1H3,(H,21,22). The van der Waals surface area contributed by atoms with Crippen LogP contribution in [0.1, 0.15) is 21.7 Å². The van der Waals surface area contributed by atoms with Crippen LogP contribution in [0.2, 0.25) is 0 Å². The number of hydrogen-bond donors (Lipinski definition) is 2. The molecule has 0 bridgehead atoms. The Bertz CT molecular complexity index is 827. The van der Waals surface area contributed by atoms with Crippen LogP contribution in [0.4, 0.5) is 13.2 Å². The Morgan fingerprint density at radius 3 is 2.46 bits per heavy atom. The summed E-state index contributed by atoms with van der Waals surface area (Å²) in [5.74, 6) is 0.431. The summed E-state index contributed by atoms with van der Waals surface area (Å²) in [5.41, 5.74) is 1.03. The third-order valence-corrected chi connectivity index (χ3v) is 4.95. The van der Waals surface area contributed by atoms with Gasteiger partial charge >= 0.3 is 6.18 Å². The number of benzene rings is 1. The number of aryl methyl sites for hydroxylation is 1. The summed E-state index contributed by atoms with van der Waals surface area (Å²) >= 11 is 4.64. The predicted octanol–water partition coefficient (Wildman–Crippen LogP) is 3.94. The number of halogens is 4. The highest BCUT2D eigenvalue weighted by molar-refractivity contribution is 9.11. The van der Waals surface area contributed by atoms with Crippen LogP contribution in [-0.4, -0.2) is 22.2 Å². The van der Waals surface area contributed by atoms with Gasteiger partial charge in [0.05, 0.1) is 16.1 Å². The molecule has 0 saturated carbocycles. The van der Waals surface area contributed by atoms with Gasteiger partial charge in [0.2, 0.25) is 0 Å². The molecule has 0 spiro atoms. The van der Waals surface area contributed by atoms with E-state index in [0.29, 0.717) is 21.0 Å². The van der Waals surface area contributed by atoms with Crippen molar-refractivity contribution in [3.63, 3.8) is 0 Å². The van der Waals surface area contributed by atoms with Gasteiger partial charge in [-0.25, -0.2) is 9.98 Å². The molecular weight excluding hydrogens is 407 g/mol. The molecule has 24 heavy (non-hydrogen) atoms. The van der Waals surface area contributed by atoms with Crippen molar-refractivity contribution in [1.82, 2.24) is 10.3 Å². The molecule has 1 aliphatic heterocycles. The predicted molar refractivity (Wildman–Crippen MR) is 89.7 cm³/mol. The molecule has 0 fully saturated rings. The molecule has 9 heteroatoms. The smallest absolute Gasteiger partial charge is 0.368 e. The summed E-state index contributed by atoms with van der Waals surface area (Å²) in [7, 11) is 0. The maximum Gasteiger partial charge on any atom is 0.416 e. The number of amidine groups is 1. The van der Waals surface area contributed by atoms with E-state index in [-0.39, 0.29) is 0 Å². The molecule has 0 saturated heterocycles. The van der Waals surface area contributed by atoms with E-state index >= 15 is 0 Å². The molecule has 1 aliphatic rings. The van der Waals surface area contributed by atoms with Gasteiger partial charge in [-0.1, -0.05) is 12.1 Å². The summed E-state index contributed by atoms with van der Waals surface area (Å²) < 4.78 is 38.6. The molecule has 1 unspecified atom stereocenters. The number of rotatable bonds is 2. The molecule has 1 atom stereocenters. The monoisotopic (exact) mass is 417 g/mol. The molecule has 0 amide bonds. The fourth-order valence-corrected chi connectivity index (χ4v) is 3.72. The topological polar surface area (TPSA) is 57.5 Å². The van der Waals surface area contributed by atoms with Crippen molar-refractivity contribution in [1.29, 1.82) is 0 Å². The van der Waals surface area contributed by atoms with Crippen molar-refractivity contribution < 1.29 is 18.3 Å². The average Bonchev–Trinajstić information content (AvgIpc) is 2.84. The molecule has 1 aromatic heterocycles. The molecule has 1 aromatic carbocycles. The first kappa shape index (κ1) is 17.1. The molecule has 0 aliphatic carbocycles. The lowest BCUT2D eigenvalue weighted by Gasteiger charge is -2.20. The Labute approximate surface area is 147 Å². The molecule has 0 radical (unpaired) electrons. The van der Waals surface area contributed by atoms with E-state index < -0.39 is 18.0 Å². The maximum atomic E-state index is 12.7. The zero-order valence-corrected chi connectivity index (χ0v) is 14.6. The fraction of sp³-hybridized carbons (Fsp3) is 0.200. The number of nitrogens with one attached hydrogen (secondary N) is 1. The van der Waals surface area contributed by atoms with Crippen molar-refractivity contribution >= 4 is 38.8 Å². The summed E-state index contributed by atoms with van der Waals surface area (Å²) in [6.07, 6.45) is -4.03. The average molecular weight is 418 g/mol. The summed E-state index contributed by atoms with van der Waals surface area (Å²) in [6, 6.07) is 4.72. The van der Waals surface area contributed by atoms with Gasteiger partial charge in [-0.15, -0.1) is 11.3 Å². The van der Waals surface area contributed by atoms with Crippen molar-refractivity contribution in [2.75, 3.05) is 0 Å². The second kappa shape index (κ2) is 6.30. The van der Waals surface area contributed by atoms with Gasteiger partial charge in [0.15, 0.2) is 10.1 Å². The number of alkyl halides is 3. The van der Waals surface area contributed by atoms with Crippen LogP contribution in [0.5, 0.6) is 0 Å². The third kappa shape index (κ3) is 3.52. The second-order valence-electron chi connectivity index (χ2n) is 5.05. The van der Waals surface area contributed by atoms with E-state index in [1.54, 1.807) is 0 Å². The van der Waals surface area contributed by atoms with E-state index in [0.717, 1.165) is 22.7 Å². The van der Waals surface area contributed by atoms with Gasteiger partial charge in [0.25, 0.3) is 0 Å². The van der Waals surface area contributed by atoms with Crippen molar-refractivity contribution in [3.8, 4) is 0 Å². The van der Waals surface area contributed by atoms with Crippen LogP contribution in [0, 0.1) is 6.92 Å². The Kier molecular flexibility index (Phi) is 4.50. The first-order valence-corrected chi connectivity index (χ1v) is 8.40. The van der Waals surface area contributed by atoms with Crippen molar-refractivity contribution in [3.05, 3.63) is 56.0 Å². The lowest BCUT2D eigenvalue weighted by molar-refractivity contribution is -0.137. The first-order chi connectivity index (χ1) is 11.2. The quantitative estimate of drug-likeness (QED) is 0.777. The summed E-state index contributed by atoms with van der Waals surface area (Å²) in [6.45, 7) is 1.81. The van der Waals surface area contributed by atoms with Gasteiger partial charge in [0.1, 0.15) is 5.84 Å². The summed E-state index contributed by atoms with van der Waals surface area (Å²) in [4.78, 5) is 9.10. The van der Waals surface area contributed by atoms with Crippen LogP contribution in [0.3, 0.4) is 0 Å². The summed E-state index contributed by atoms with van der Waals surface area (Å²) in [5, 5.41) is 13.0. The molecular formula is C15H11BrF3N3OS. The van der Waals surface area contributed by atoms with Gasteiger partial charge in [0, 0.05) is 5.70 Å². The SMILES string of the molecule is Cc1nc(Br)sc1C1=NC(O)C=C(c2ccc(C(F)(F)F)cc2)N1. The Balaban J connectivity index is 1.89. The van der Waals surface area contributed by atoms with Crippen LogP contribution in [-0.2, 0) is 6.18 Å². The molecule has 4 nitrogen and oxygen atoms in total. The third-order valence-electron chi connectivity index (χ3n) is 3.34. The van der Waals surface area contributed by atoms with E-state index in [2.05, 4.69) is 31.2 Å². The largest absolute Gasteiger partial charge is 0.416 e. The normalized spacial score (nSPS) is 18.0. The number of thiazole rings is 1. The maximum absolute atomic E-state index is 12.7. The number of nitrogens with zero attached hydrogens (tertiary/aromatic N) is 2. The van der Waals surface area contributed by atoms with Crippen LogP contribution >= 0.6 is 27.3 Å². The minimum Gasteiger partial charge on any atom is -0.368 e. The van der Waals surface area contributed by atoms with E-state index in [1.165, 1.54) is 29.5 Å². The molecule has 3 rings (SSSR count). The molecule has 2 aromatic rings. The number of aromatic nitrogens is 1. The van der Waals surface area contributed by atoms with Crippen molar-refractivity contribution in [2.24, 2.45) is 4.99 Å². The van der Waals surface area contributed by atoms with Crippen LogP contribution in [0.15, 0.2) is 39.3 Å². The van der Waals surface area contributed by atoms with Gasteiger partial charge in [-0.2, -0.15) is 13.2 Å². The minimum absolute atomic E-state index is 0.431. The van der Waals surface area contributed by atoms with E-state index in [4.69, 9.17) is 0 Å². The number of aliphatic hydroxyl groups excluding tert-OH is 1. The highest BCUT2D eigenvalue weighted by atomic mass is 79.9. The second-order valence-corrected chi connectivity index (χ2v) is 7.33. The Hall–Kier alpha value is -1.71.